The number of hydrogen-bond donors (Lipinski definition) is 2. The molecule has 0 radical (unpaired) electrons. The molecule has 0 aliphatic heterocycles. The van der Waals surface area contributed by atoms with E-state index in [4.69, 9.17) is 10.8 Å². The highest BCUT2D eigenvalue weighted by atomic mass is 19.4. The van der Waals surface area contributed by atoms with Crippen LogP contribution in [-0.2, 0) is 0 Å². The summed E-state index contributed by atoms with van der Waals surface area (Å²) in [5.74, 6) is 0. The second kappa shape index (κ2) is 3.40. The van der Waals surface area contributed by atoms with E-state index >= 15 is 0 Å². The molecule has 0 aromatic rings. The van der Waals surface area contributed by atoms with Crippen molar-refractivity contribution in [2.24, 2.45) is 5.73 Å². The monoisotopic (exact) mass is 171 g/mol. The Morgan fingerprint density at radius 3 is 1.91 bits per heavy atom. The molecule has 1 unspecified atom stereocenters. The van der Waals surface area contributed by atoms with Crippen LogP contribution in [0.1, 0.15) is 19.8 Å². The molecule has 5 heteroatoms. The van der Waals surface area contributed by atoms with Gasteiger partial charge in [-0.2, -0.15) is 13.2 Å². The van der Waals surface area contributed by atoms with E-state index in [0.29, 0.717) is 0 Å². The standard InChI is InChI=1S/C6H12F3NO/c1-2-3-5(11,4-10)6(7,8)9/h11H,2-4,10H2,1H3. The highest BCUT2D eigenvalue weighted by Gasteiger charge is 2.51. The molecule has 0 amide bonds. The highest BCUT2D eigenvalue weighted by Crippen LogP contribution is 2.32. The summed E-state index contributed by atoms with van der Waals surface area (Å²) in [5.41, 5.74) is 2.12. The van der Waals surface area contributed by atoms with Crippen LogP contribution >= 0.6 is 0 Å². The Morgan fingerprint density at radius 2 is 1.82 bits per heavy atom. The third-order valence-corrected chi connectivity index (χ3v) is 1.53. The molecule has 0 saturated heterocycles. The second-order valence-corrected chi connectivity index (χ2v) is 2.48. The lowest BCUT2D eigenvalue weighted by atomic mass is 9.98. The normalized spacial score (nSPS) is 18.0. The first kappa shape index (κ1) is 10.7. The van der Waals surface area contributed by atoms with E-state index < -0.39 is 18.3 Å². The number of aliphatic hydroxyl groups is 1. The van der Waals surface area contributed by atoms with Crippen molar-refractivity contribution in [1.82, 2.24) is 0 Å². The number of hydrogen-bond acceptors (Lipinski definition) is 2. The van der Waals surface area contributed by atoms with Gasteiger partial charge in [0.05, 0.1) is 0 Å². The smallest absolute Gasteiger partial charge is 0.379 e. The third-order valence-electron chi connectivity index (χ3n) is 1.53. The number of rotatable bonds is 3. The van der Waals surface area contributed by atoms with Gasteiger partial charge in [0.25, 0.3) is 0 Å². The van der Waals surface area contributed by atoms with E-state index in [9.17, 15) is 13.2 Å². The first-order chi connectivity index (χ1) is 4.87. The summed E-state index contributed by atoms with van der Waals surface area (Å²) in [5, 5.41) is 8.91. The zero-order chi connectivity index (χ0) is 9.12. The van der Waals surface area contributed by atoms with Gasteiger partial charge < -0.3 is 10.8 Å². The van der Waals surface area contributed by atoms with Gasteiger partial charge in [-0.1, -0.05) is 13.3 Å². The van der Waals surface area contributed by atoms with Gasteiger partial charge in [0.15, 0.2) is 5.60 Å². The molecule has 11 heavy (non-hydrogen) atoms. The molecule has 0 spiro atoms. The van der Waals surface area contributed by atoms with Gasteiger partial charge in [-0.15, -0.1) is 0 Å². The van der Waals surface area contributed by atoms with E-state index in [2.05, 4.69) is 0 Å². The van der Waals surface area contributed by atoms with Gasteiger partial charge >= 0.3 is 6.18 Å². The Balaban J connectivity index is 4.33. The predicted octanol–water partition coefficient (Wildman–Crippen LogP) is 1.04. The molecule has 0 aliphatic carbocycles. The van der Waals surface area contributed by atoms with Crippen molar-refractivity contribution in [3.8, 4) is 0 Å². The topological polar surface area (TPSA) is 46.2 Å². The van der Waals surface area contributed by atoms with Crippen molar-refractivity contribution in [3.05, 3.63) is 0 Å². The first-order valence-corrected chi connectivity index (χ1v) is 3.36. The second-order valence-electron chi connectivity index (χ2n) is 2.48. The fourth-order valence-electron chi connectivity index (χ4n) is 0.773. The van der Waals surface area contributed by atoms with Gasteiger partial charge in [-0.25, -0.2) is 0 Å². The van der Waals surface area contributed by atoms with Gasteiger partial charge in [0.2, 0.25) is 0 Å². The largest absolute Gasteiger partial charge is 0.418 e. The average Bonchev–Trinajstić information content (AvgIpc) is 1.86. The molecular weight excluding hydrogens is 159 g/mol. The summed E-state index contributed by atoms with van der Waals surface area (Å²) in [6.45, 7) is 0.788. The molecule has 0 heterocycles. The maximum atomic E-state index is 12.0. The molecule has 1 atom stereocenters. The Labute approximate surface area is 63.2 Å². The van der Waals surface area contributed by atoms with E-state index in [1.54, 1.807) is 6.92 Å². The lowest BCUT2D eigenvalue weighted by Crippen LogP contribution is -2.50. The molecule has 68 valence electrons. The molecule has 0 aliphatic rings. The lowest BCUT2D eigenvalue weighted by Gasteiger charge is -2.28. The molecule has 0 aromatic carbocycles. The zero-order valence-electron chi connectivity index (χ0n) is 6.28. The van der Waals surface area contributed by atoms with Crippen LogP contribution in [0.4, 0.5) is 13.2 Å². The number of nitrogens with two attached hydrogens (primary N) is 1. The highest BCUT2D eigenvalue weighted by molar-refractivity contribution is 4.86. The van der Waals surface area contributed by atoms with Crippen molar-refractivity contribution >= 4 is 0 Å². The summed E-state index contributed by atoms with van der Waals surface area (Å²) < 4.78 is 35.9. The van der Waals surface area contributed by atoms with E-state index in [1.807, 2.05) is 0 Å². The molecule has 0 bridgehead atoms. The maximum absolute atomic E-state index is 12.0. The number of alkyl halides is 3. The minimum absolute atomic E-state index is 0.257. The molecule has 0 rings (SSSR count). The van der Waals surface area contributed by atoms with Crippen LogP contribution in [0.25, 0.3) is 0 Å². The number of halogens is 3. The predicted molar refractivity (Wildman–Crippen MR) is 35.0 cm³/mol. The summed E-state index contributed by atoms with van der Waals surface area (Å²) >= 11 is 0. The van der Waals surface area contributed by atoms with Crippen molar-refractivity contribution < 1.29 is 18.3 Å². The van der Waals surface area contributed by atoms with Gasteiger partial charge in [0, 0.05) is 6.54 Å². The quantitative estimate of drug-likeness (QED) is 0.666. The van der Waals surface area contributed by atoms with Crippen LogP contribution < -0.4 is 5.73 Å². The molecule has 0 fully saturated rings. The van der Waals surface area contributed by atoms with Crippen LogP contribution in [0.3, 0.4) is 0 Å². The van der Waals surface area contributed by atoms with E-state index in [1.165, 1.54) is 0 Å². The minimum atomic E-state index is -4.61. The maximum Gasteiger partial charge on any atom is 0.418 e. The molecule has 2 nitrogen and oxygen atoms in total. The van der Waals surface area contributed by atoms with Crippen LogP contribution in [-0.4, -0.2) is 23.4 Å². The SMILES string of the molecule is CCCC(O)(CN)C(F)(F)F. The van der Waals surface area contributed by atoms with Gasteiger partial charge in [-0.3, -0.25) is 0 Å². The summed E-state index contributed by atoms with van der Waals surface area (Å²) in [6.07, 6.45) is -4.70. The van der Waals surface area contributed by atoms with E-state index in [-0.39, 0.29) is 12.8 Å². The van der Waals surface area contributed by atoms with E-state index in [0.717, 1.165) is 0 Å². The van der Waals surface area contributed by atoms with Crippen molar-refractivity contribution in [2.45, 2.75) is 31.5 Å². The average molecular weight is 171 g/mol. The van der Waals surface area contributed by atoms with Crippen molar-refractivity contribution in [2.75, 3.05) is 6.54 Å². The Morgan fingerprint density at radius 1 is 1.36 bits per heavy atom. The Hall–Kier alpha value is -0.290. The zero-order valence-corrected chi connectivity index (χ0v) is 6.28. The summed E-state index contributed by atoms with van der Waals surface area (Å²) in [7, 11) is 0. The lowest BCUT2D eigenvalue weighted by molar-refractivity contribution is -0.258. The van der Waals surface area contributed by atoms with Crippen molar-refractivity contribution in [3.63, 3.8) is 0 Å². The fourth-order valence-corrected chi connectivity index (χ4v) is 0.773. The Kier molecular flexibility index (Phi) is 3.31. The summed E-state index contributed by atoms with van der Waals surface area (Å²) in [4.78, 5) is 0. The van der Waals surface area contributed by atoms with Crippen LogP contribution in [0.2, 0.25) is 0 Å². The third kappa shape index (κ3) is 2.34. The van der Waals surface area contributed by atoms with Crippen LogP contribution in [0.5, 0.6) is 0 Å². The first-order valence-electron chi connectivity index (χ1n) is 3.36. The van der Waals surface area contributed by atoms with Crippen LogP contribution in [0.15, 0.2) is 0 Å². The van der Waals surface area contributed by atoms with Gasteiger partial charge in [0.1, 0.15) is 0 Å². The van der Waals surface area contributed by atoms with Crippen molar-refractivity contribution in [1.29, 1.82) is 0 Å². The molecule has 0 aromatic heterocycles. The van der Waals surface area contributed by atoms with Crippen LogP contribution in [0, 0.1) is 0 Å². The summed E-state index contributed by atoms with van der Waals surface area (Å²) in [6, 6.07) is 0. The molecular formula is C6H12F3NO. The molecule has 0 saturated carbocycles. The van der Waals surface area contributed by atoms with Gasteiger partial charge in [-0.05, 0) is 6.42 Å². The fraction of sp³-hybridized carbons (Fsp3) is 1.00. The Bertz CT molecular complexity index is 125. The minimum Gasteiger partial charge on any atom is -0.379 e. The molecule has 3 N–H and O–H groups in total.